The Morgan fingerprint density at radius 1 is 1.21 bits per heavy atom. The molecule has 3 heterocycles. The van der Waals surface area contributed by atoms with Crippen molar-refractivity contribution >= 4 is 38.6 Å². The van der Waals surface area contributed by atoms with E-state index in [1.165, 1.54) is 11.8 Å². The van der Waals surface area contributed by atoms with Crippen molar-refractivity contribution in [3.63, 3.8) is 0 Å². The molecule has 11 heteroatoms. The first-order chi connectivity index (χ1) is 13.8. The van der Waals surface area contributed by atoms with Gasteiger partial charge >= 0.3 is 5.97 Å². The maximum absolute atomic E-state index is 12.2. The van der Waals surface area contributed by atoms with Gasteiger partial charge in [0.1, 0.15) is 0 Å². The fourth-order valence-electron chi connectivity index (χ4n) is 3.61. The number of hydrogen-bond acceptors (Lipinski definition) is 7. The van der Waals surface area contributed by atoms with Crippen molar-refractivity contribution in [3.05, 3.63) is 23.8 Å². The van der Waals surface area contributed by atoms with Crippen LogP contribution in [0.3, 0.4) is 0 Å². The van der Waals surface area contributed by atoms with Crippen LogP contribution in [-0.4, -0.2) is 65.1 Å². The molecule has 1 amide bonds. The van der Waals surface area contributed by atoms with Crippen LogP contribution in [0.15, 0.2) is 23.2 Å². The molecule has 1 aromatic rings. The summed E-state index contributed by atoms with van der Waals surface area (Å²) in [6, 6.07) is 5.27. The van der Waals surface area contributed by atoms with Gasteiger partial charge in [0.05, 0.1) is 17.5 Å². The molecule has 1 aromatic carbocycles. The van der Waals surface area contributed by atoms with Gasteiger partial charge in [-0.2, -0.15) is 4.99 Å². The molecule has 0 unspecified atom stereocenters. The first kappa shape index (κ1) is 20.0. The summed E-state index contributed by atoms with van der Waals surface area (Å²) in [6.45, 7) is 0.556. The molecule has 3 aliphatic rings. The van der Waals surface area contributed by atoms with E-state index in [1.807, 2.05) is 17.0 Å². The highest BCUT2D eigenvalue weighted by Gasteiger charge is 2.48. The van der Waals surface area contributed by atoms with Crippen molar-refractivity contribution in [2.75, 3.05) is 18.3 Å². The zero-order chi connectivity index (χ0) is 20.6. The number of nitrogens with zero attached hydrogens (tertiary/aromatic N) is 2. The standard InChI is InChI=1S/C18H20N2O7S2/c21-16(2-1-3-17(22)23)19-18-20(12-8-29(24,25)9-15(12)28-18)7-11-4-5-13-14(6-11)27-10-26-13/h4-6,12,15H,1-3,7-10H2,(H,22,23)/t12-,15+/m0/s1. The van der Waals surface area contributed by atoms with E-state index < -0.39 is 21.7 Å². The zero-order valence-corrected chi connectivity index (χ0v) is 17.1. The minimum Gasteiger partial charge on any atom is -0.481 e. The van der Waals surface area contributed by atoms with Crippen molar-refractivity contribution in [2.45, 2.75) is 37.1 Å². The first-order valence-corrected chi connectivity index (χ1v) is 11.9. The van der Waals surface area contributed by atoms with E-state index in [0.29, 0.717) is 23.2 Å². The van der Waals surface area contributed by atoms with Crippen LogP contribution in [0, 0.1) is 0 Å². The number of benzene rings is 1. The summed E-state index contributed by atoms with van der Waals surface area (Å²) in [4.78, 5) is 28.9. The second-order valence-corrected chi connectivity index (χ2v) is 10.5. The van der Waals surface area contributed by atoms with Gasteiger partial charge in [-0.1, -0.05) is 17.8 Å². The van der Waals surface area contributed by atoms with Gasteiger partial charge in [-0.05, 0) is 24.1 Å². The number of carboxylic acids is 1. The summed E-state index contributed by atoms with van der Waals surface area (Å²) in [6.07, 6.45) is 0.176. The molecule has 2 atom stereocenters. The zero-order valence-electron chi connectivity index (χ0n) is 15.4. The van der Waals surface area contributed by atoms with E-state index in [-0.39, 0.29) is 48.9 Å². The van der Waals surface area contributed by atoms with Crippen LogP contribution in [0.2, 0.25) is 0 Å². The Hall–Kier alpha value is -2.27. The topological polar surface area (TPSA) is 123 Å². The highest BCUT2D eigenvalue weighted by Crippen LogP contribution is 2.40. The van der Waals surface area contributed by atoms with Gasteiger partial charge in [-0.3, -0.25) is 9.59 Å². The molecule has 2 saturated heterocycles. The highest BCUT2D eigenvalue weighted by atomic mass is 32.2. The van der Waals surface area contributed by atoms with Crippen LogP contribution in [0.4, 0.5) is 0 Å². The summed E-state index contributed by atoms with van der Waals surface area (Å²) in [7, 11) is -3.13. The summed E-state index contributed by atoms with van der Waals surface area (Å²) in [5.74, 6) is 0.0341. The number of amidine groups is 1. The van der Waals surface area contributed by atoms with Crippen LogP contribution < -0.4 is 9.47 Å². The third-order valence-electron chi connectivity index (χ3n) is 4.97. The number of amides is 1. The van der Waals surface area contributed by atoms with Gasteiger partial charge in [0.2, 0.25) is 12.7 Å². The fourth-order valence-corrected chi connectivity index (χ4v) is 7.58. The lowest BCUT2D eigenvalue weighted by molar-refractivity contribution is -0.137. The molecule has 0 radical (unpaired) electrons. The quantitative estimate of drug-likeness (QED) is 0.696. The molecule has 4 rings (SSSR count). The fraction of sp³-hybridized carbons (Fsp3) is 0.500. The van der Waals surface area contributed by atoms with Crippen molar-refractivity contribution < 1.29 is 32.6 Å². The molecule has 0 spiro atoms. The predicted octanol–water partition coefficient (Wildman–Crippen LogP) is 1.27. The molecule has 2 fully saturated rings. The van der Waals surface area contributed by atoms with Crippen LogP contribution in [0.1, 0.15) is 24.8 Å². The van der Waals surface area contributed by atoms with E-state index in [9.17, 15) is 18.0 Å². The monoisotopic (exact) mass is 440 g/mol. The lowest BCUT2D eigenvalue weighted by Gasteiger charge is -2.24. The number of aliphatic carboxylic acids is 1. The molecule has 1 N–H and O–H groups in total. The number of carboxylic acid groups (broad SMARTS) is 1. The van der Waals surface area contributed by atoms with Gasteiger partial charge in [0, 0.05) is 24.6 Å². The van der Waals surface area contributed by atoms with Crippen LogP contribution in [-0.2, 0) is 26.0 Å². The molecular weight excluding hydrogens is 420 g/mol. The Kier molecular flexibility index (Phi) is 5.43. The van der Waals surface area contributed by atoms with Crippen LogP contribution in [0.25, 0.3) is 0 Å². The lowest BCUT2D eigenvalue weighted by atomic mass is 10.1. The minimum absolute atomic E-state index is 0.0292. The van der Waals surface area contributed by atoms with Crippen molar-refractivity contribution in [2.24, 2.45) is 4.99 Å². The van der Waals surface area contributed by atoms with Gasteiger partial charge in [0.25, 0.3) is 0 Å². The number of hydrogen-bond donors (Lipinski definition) is 1. The number of rotatable bonds is 6. The average Bonchev–Trinajstić information content (AvgIpc) is 3.28. The third-order valence-corrected chi connectivity index (χ3v) is 8.21. The SMILES string of the molecule is O=C(O)CCCC(=O)N=C1S[C@@H]2CS(=O)(=O)C[C@@H]2N1Cc1ccc2c(c1)OCO2. The number of carbonyl (C=O) groups excluding carboxylic acids is 1. The second-order valence-electron chi connectivity index (χ2n) is 7.15. The number of thioether (sulfide) groups is 1. The van der Waals surface area contributed by atoms with Crippen LogP contribution >= 0.6 is 11.8 Å². The first-order valence-electron chi connectivity index (χ1n) is 9.16. The number of fused-ring (bicyclic) bond motifs is 2. The van der Waals surface area contributed by atoms with Gasteiger partial charge in [-0.25, -0.2) is 8.42 Å². The summed E-state index contributed by atoms with van der Waals surface area (Å²) >= 11 is 1.31. The Bertz CT molecular complexity index is 976. The average molecular weight is 440 g/mol. The van der Waals surface area contributed by atoms with Gasteiger partial charge < -0.3 is 19.5 Å². The minimum atomic E-state index is -3.13. The van der Waals surface area contributed by atoms with Crippen LogP contribution in [0.5, 0.6) is 11.5 Å². The van der Waals surface area contributed by atoms with E-state index in [4.69, 9.17) is 14.6 Å². The van der Waals surface area contributed by atoms with E-state index in [1.54, 1.807) is 6.07 Å². The molecular formula is C18H20N2O7S2. The largest absolute Gasteiger partial charge is 0.481 e. The molecule has 156 valence electrons. The molecule has 0 saturated carbocycles. The maximum Gasteiger partial charge on any atom is 0.303 e. The second kappa shape index (κ2) is 7.86. The van der Waals surface area contributed by atoms with E-state index >= 15 is 0 Å². The number of carbonyl (C=O) groups is 2. The van der Waals surface area contributed by atoms with Crippen molar-refractivity contribution in [1.82, 2.24) is 4.90 Å². The van der Waals surface area contributed by atoms with Gasteiger partial charge in [-0.15, -0.1) is 0 Å². The van der Waals surface area contributed by atoms with E-state index in [0.717, 1.165) is 5.56 Å². The lowest BCUT2D eigenvalue weighted by Crippen LogP contribution is -2.37. The highest BCUT2D eigenvalue weighted by molar-refractivity contribution is 8.15. The molecule has 29 heavy (non-hydrogen) atoms. The summed E-state index contributed by atoms with van der Waals surface area (Å²) in [5, 5.41) is 9.03. The Labute approximate surface area is 172 Å². The molecule has 0 aliphatic carbocycles. The molecule has 9 nitrogen and oxygen atoms in total. The summed E-state index contributed by atoms with van der Waals surface area (Å²) < 4.78 is 34.9. The van der Waals surface area contributed by atoms with Gasteiger partial charge in [0.15, 0.2) is 26.5 Å². The molecule has 0 bridgehead atoms. The Morgan fingerprint density at radius 3 is 2.79 bits per heavy atom. The number of ether oxygens (including phenoxy) is 2. The van der Waals surface area contributed by atoms with Crippen molar-refractivity contribution in [3.8, 4) is 11.5 Å². The normalized spacial score (nSPS) is 25.4. The third kappa shape index (κ3) is 4.50. The summed E-state index contributed by atoms with van der Waals surface area (Å²) in [5.41, 5.74) is 0.894. The van der Waals surface area contributed by atoms with Crippen molar-refractivity contribution in [1.29, 1.82) is 0 Å². The number of sulfone groups is 1. The van der Waals surface area contributed by atoms with E-state index in [2.05, 4.69) is 4.99 Å². The Morgan fingerprint density at radius 2 is 2.00 bits per heavy atom. The maximum atomic E-state index is 12.2. The smallest absolute Gasteiger partial charge is 0.303 e. The predicted molar refractivity (Wildman–Crippen MR) is 106 cm³/mol. The molecule has 0 aromatic heterocycles. The Balaban J connectivity index is 1.53. The number of aliphatic imine (C=N–C) groups is 1. The molecule has 3 aliphatic heterocycles.